The topological polar surface area (TPSA) is 61.7 Å². The van der Waals surface area contributed by atoms with E-state index in [1.807, 2.05) is 84.1 Å². The Morgan fingerprint density at radius 3 is 1.33 bits per heavy atom. The Labute approximate surface area is 404 Å². The van der Waals surface area contributed by atoms with Gasteiger partial charge in [-0.15, -0.1) is 11.3 Å². The van der Waals surface area contributed by atoms with E-state index in [1.54, 1.807) is 0 Å². The first-order chi connectivity index (χ1) is 34.7. The molecule has 15 rings (SSSR count). The molecule has 0 bridgehead atoms. The smallest absolute Gasteiger partial charge is 0.164 e. The Balaban J connectivity index is 0.844. The summed E-state index contributed by atoms with van der Waals surface area (Å²) < 4.78 is 13.9. The number of aromatic nitrogens is 5. The van der Waals surface area contributed by atoms with Crippen LogP contribution in [0.4, 0.5) is 0 Å². The molecule has 0 saturated carbocycles. The number of para-hydroxylation sites is 2. The zero-order valence-electron chi connectivity index (χ0n) is 37.4. The maximum atomic E-state index is 6.49. The van der Waals surface area contributed by atoms with Crippen LogP contribution in [0.15, 0.2) is 229 Å². The summed E-state index contributed by atoms with van der Waals surface area (Å²) in [5.41, 5.74) is 13.6. The molecular formula is C63H37N5OS. The number of nitrogens with zero attached hydrogens (tertiary/aromatic N) is 5. The third-order valence-electron chi connectivity index (χ3n) is 14.0. The third kappa shape index (κ3) is 6.02. The van der Waals surface area contributed by atoms with Gasteiger partial charge in [-0.2, -0.15) is 0 Å². The van der Waals surface area contributed by atoms with Crippen LogP contribution in [0.5, 0.6) is 0 Å². The van der Waals surface area contributed by atoms with E-state index in [0.29, 0.717) is 17.5 Å². The number of fused-ring (bicyclic) bond motifs is 12. The van der Waals surface area contributed by atoms with Gasteiger partial charge in [-0.1, -0.05) is 127 Å². The summed E-state index contributed by atoms with van der Waals surface area (Å²) in [5.74, 6) is 1.86. The summed E-state index contributed by atoms with van der Waals surface area (Å²) >= 11 is 1.86. The number of thiophene rings is 1. The van der Waals surface area contributed by atoms with Gasteiger partial charge in [-0.3, -0.25) is 0 Å². The molecule has 0 spiro atoms. The molecule has 6 nitrogen and oxygen atoms in total. The molecule has 15 aromatic rings. The van der Waals surface area contributed by atoms with Crippen molar-refractivity contribution in [3.63, 3.8) is 0 Å². The zero-order chi connectivity index (χ0) is 45.9. The van der Waals surface area contributed by atoms with E-state index in [1.165, 1.54) is 69.6 Å². The molecule has 5 aromatic heterocycles. The van der Waals surface area contributed by atoms with Crippen LogP contribution in [0.3, 0.4) is 0 Å². The van der Waals surface area contributed by atoms with Gasteiger partial charge in [0.25, 0.3) is 0 Å². The lowest BCUT2D eigenvalue weighted by atomic mass is 10.0. The molecule has 5 heterocycles. The molecule has 0 fully saturated rings. The Bertz CT molecular complexity index is 4540. The molecule has 0 saturated heterocycles. The predicted octanol–water partition coefficient (Wildman–Crippen LogP) is 17.0. The molecule has 0 aliphatic rings. The summed E-state index contributed by atoms with van der Waals surface area (Å²) in [6.07, 6.45) is 0. The maximum absolute atomic E-state index is 6.49. The van der Waals surface area contributed by atoms with E-state index in [-0.39, 0.29) is 0 Å². The van der Waals surface area contributed by atoms with Crippen molar-refractivity contribution in [3.05, 3.63) is 224 Å². The molecule has 0 radical (unpaired) electrons. The molecule has 326 valence electrons. The molecule has 70 heavy (non-hydrogen) atoms. The fourth-order valence-electron chi connectivity index (χ4n) is 10.7. The van der Waals surface area contributed by atoms with Crippen molar-refractivity contribution in [2.45, 2.75) is 0 Å². The van der Waals surface area contributed by atoms with Gasteiger partial charge in [0.15, 0.2) is 17.5 Å². The lowest BCUT2D eigenvalue weighted by Crippen LogP contribution is -2.00. The molecule has 0 aliphatic carbocycles. The largest absolute Gasteiger partial charge is 0.456 e. The van der Waals surface area contributed by atoms with Crippen molar-refractivity contribution in [2.75, 3.05) is 0 Å². The first-order valence-corrected chi connectivity index (χ1v) is 24.3. The molecule has 0 unspecified atom stereocenters. The Kier molecular flexibility index (Phi) is 8.43. The predicted molar refractivity (Wildman–Crippen MR) is 290 cm³/mol. The van der Waals surface area contributed by atoms with Crippen LogP contribution >= 0.6 is 11.3 Å². The van der Waals surface area contributed by atoms with Crippen LogP contribution in [-0.2, 0) is 0 Å². The summed E-state index contributed by atoms with van der Waals surface area (Å²) in [6, 6.07) is 79.9. The highest BCUT2D eigenvalue weighted by molar-refractivity contribution is 7.25. The second-order valence-electron chi connectivity index (χ2n) is 18.0. The van der Waals surface area contributed by atoms with Gasteiger partial charge in [0, 0.05) is 80.6 Å². The van der Waals surface area contributed by atoms with E-state index < -0.39 is 0 Å². The summed E-state index contributed by atoms with van der Waals surface area (Å²) in [7, 11) is 0. The first kappa shape index (κ1) is 38.9. The van der Waals surface area contributed by atoms with Crippen LogP contribution < -0.4 is 0 Å². The molecule has 0 aliphatic heterocycles. The Hall–Kier alpha value is -9.17. The quantitative estimate of drug-likeness (QED) is 0.167. The zero-order valence-corrected chi connectivity index (χ0v) is 38.2. The normalized spacial score (nSPS) is 12.0. The van der Waals surface area contributed by atoms with Gasteiger partial charge in [-0.25, -0.2) is 15.0 Å². The number of rotatable bonds is 6. The second-order valence-corrected chi connectivity index (χ2v) is 19.1. The Morgan fingerprint density at radius 1 is 0.286 bits per heavy atom. The SMILES string of the molecule is c1ccc(-c2nc(-c3ccccc3)nc(-c3ccc4oc5ccc(-n6c7ccccc7c7cc(-c8ccc9c(c8)c8ccccc8n9-c8ccc9sc%10ccccc%10c9c8)ccc76)cc5c4c3)n2)cc1. The summed E-state index contributed by atoms with van der Waals surface area (Å²) in [4.78, 5) is 15.0. The minimum absolute atomic E-state index is 0.605. The number of furan rings is 1. The van der Waals surface area contributed by atoms with Crippen LogP contribution in [0.1, 0.15) is 0 Å². The van der Waals surface area contributed by atoms with Crippen molar-refractivity contribution in [2.24, 2.45) is 0 Å². The minimum atomic E-state index is 0.605. The number of benzene rings is 10. The standard InChI is InChI=1S/C63H37N5OS/c1-3-13-38(14-4-1)61-64-62(39-15-5-2-6-16-39)66-63(65-61)42-25-30-57-50(35-42)51-36-43(26-31-58(51)69-57)67-53-20-10-7-17-45(53)48-33-40(23-28-55(48)67)41-24-29-56-49(34-41)46-18-8-11-21-54(46)68(56)44-27-32-60-52(37-44)47-19-9-12-22-59(47)70-60/h1-37H. The highest BCUT2D eigenvalue weighted by atomic mass is 32.1. The summed E-state index contributed by atoms with van der Waals surface area (Å²) in [6.45, 7) is 0. The van der Waals surface area contributed by atoms with Crippen molar-refractivity contribution in [1.29, 1.82) is 0 Å². The van der Waals surface area contributed by atoms with Crippen molar-refractivity contribution >= 4 is 97.1 Å². The van der Waals surface area contributed by atoms with E-state index in [9.17, 15) is 0 Å². The lowest BCUT2D eigenvalue weighted by Gasteiger charge is -2.10. The van der Waals surface area contributed by atoms with Crippen LogP contribution in [0.2, 0.25) is 0 Å². The highest BCUT2D eigenvalue weighted by Crippen LogP contribution is 2.42. The van der Waals surface area contributed by atoms with Gasteiger partial charge in [0.05, 0.1) is 22.1 Å². The average molecular weight is 912 g/mol. The van der Waals surface area contributed by atoms with Crippen molar-refractivity contribution in [3.8, 4) is 56.7 Å². The van der Waals surface area contributed by atoms with Gasteiger partial charge >= 0.3 is 0 Å². The monoisotopic (exact) mass is 911 g/mol. The highest BCUT2D eigenvalue weighted by Gasteiger charge is 2.19. The van der Waals surface area contributed by atoms with E-state index in [4.69, 9.17) is 19.4 Å². The van der Waals surface area contributed by atoms with Gasteiger partial charge in [0.2, 0.25) is 0 Å². The molecule has 0 amide bonds. The van der Waals surface area contributed by atoms with Crippen LogP contribution in [0.25, 0.3) is 142 Å². The molecular weight excluding hydrogens is 875 g/mol. The van der Waals surface area contributed by atoms with E-state index in [0.717, 1.165) is 55.3 Å². The molecule has 0 N–H and O–H groups in total. The minimum Gasteiger partial charge on any atom is -0.456 e. The first-order valence-electron chi connectivity index (χ1n) is 23.5. The van der Waals surface area contributed by atoms with E-state index >= 15 is 0 Å². The average Bonchev–Trinajstić information content (AvgIpc) is 4.18. The maximum Gasteiger partial charge on any atom is 0.164 e. The van der Waals surface area contributed by atoms with Gasteiger partial charge < -0.3 is 13.6 Å². The second kappa shape index (κ2) is 15.2. The Morgan fingerprint density at radius 2 is 0.714 bits per heavy atom. The van der Waals surface area contributed by atoms with Gasteiger partial charge in [-0.05, 0) is 108 Å². The van der Waals surface area contributed by atoms with Crippen molar-refractivity contribution < 1.29 is 4.42 Å². The van der Waals surface area contributed by atoms with Crippen LogP contribution in [-0.4, -0.2) is 24.1 Å². The third-order valence-corrected chi connectivity index (χ3v) is 15.1. The summed E-state index contributed by atoms with van der Waals surface area (Å²) in [5, 5.41) is 9.50. The van der Waals surface area contributed by atoms with E-state index in [2.05, 4.69) is 161 Å². The lowest BCUT2D eigenvalue weighted by molar-refractivity contribution is 0.669. The fraction of sp³-hybridized carbons (Fsp3) is 0. The van der Waals surface area contributed by atoms with Crippen LogP contribution in [0, 0.1) is 0 Å². The number of hydrogen-bond donors (Lipinski definition) is 0. The molecule has 7 heteroatoms. The number of hydrogen-bond acceptors (Lipinski definition) is 5. The molecule has 0 atom stereocenters. The van der Waals surface area contributed by atoms with Crippen molar-refractivity contribution in [1.82, 2.24) is 24.1 Å². The van der Waals surface area contributed by atoms with Gasteiger partial charge in [0.1, 0.15) is 11.2 Å². The fourth-order valence-corrected chi connectivity index (χ4v) is 11.8. The molecule has 10 aromatic carbocycles.